The molecule has 0 spiro atoms. The molecule has 0 bridgehead atoms. The molecule has 8 heteroatoms. The summed E-state index contributed by atoms with van der Waals surface area (Å²) in [5, 5.41) is 6.01. The fourth-order valence-corrected chi connectivity index (χ4v) is 5.58. The van der Waals surface area contributed by atoms with Gasteiger partial charge in [-0.1, -0.05) is 12.1 Å². The Morgan fingerprint density at radius 2 is 1.93 bits per heavy atom. The molecule has 0 aromatic heterocycles. The molecule has 2 aliphatic rings. The number of amidine groups is 1. The van der Waals surface area contributed by atoms with Gasteiger partial charge in [0.25, 0.3) is 15.9 Å². The van der Waals surface area contributed by atoms with Crippen LogP contribution in [-0.2, 0) is 10.0 Å². The second kappa shape index (κ2) is 7.36. The highest BCUT2D eigenvalue weighted by Gasteiger charge is 2.28. The summed E-state index contributed by atoms with van der Waals surface area (Å²) in [6.45, 7) is 0.706. The van der Waals surface area contributed by atoms with Crippen molar-refractivity contribution in [2.75, 3.05) is 23.4 Å². The van der Waals surface area contributed by atoms with Crippen molar-refractivity contribution in [2.24, 2.45) is 10.3 Å². The number of anilines is 1. The molecule has 1 unspecified atom stereocenters. The van der Waals surface area contributed by atoms with Crippen LogP contribution in [0.3, 0.4) is 0 Å². The van der Waals surface area contributed by atoms with E-state index in [0.29, 0.717) is 35.1 Å². The van der Waals surface area contributed by atoms with Gasteiger partial charge in [0.15, 0.2) is 5.84 Å². The summed E-state index contributed by atoms with van der Waals surface area (Å²) in [5.41, 5.74) is 1.80. The molecule has 2 aromatic carbocycles. The lowest BCUT2D eigenvalue weighted by Gasteiger charge is -2.11. The number of fused-ring (bicyclic) bond motifs is 1. The lowest BCUT2D eigenvalue weighted by atomic mass is 10.1. The quantitative estimate of drug-likeness (QED) is 0.823. The number of benzene rings is 2. The second-order valence-corrected chi connectivity index (χ2v) is 9.28. The Hall–Kier alpha value is -2.32. The minimum atomic E-state index is -3.65. The van der Waals surface area contributed by atoms with E-state index in [4.69, 9.17) is 0 Å². The van der Waals surface area contributed by atoms with Crippen LogP contribution in [0.15, 0.2) is 57.8 Å². The van der Waals surface area contributed by atoms with E-state index in [1.807, 2.05) is 11.8 Å². The normalized spacial score (nSPS) is 20.0. The molecule has 0 saturated carbocycles. The zero-order valence-electron chi connectivity index (χ0n) is 14.5. The van der Waals surface area contributed by atoms with E-state index in [0.717, 1.165) is 12.2 Å². The maximum Gasteiger partial charge on any atom is 0.285 e. The molecule has 0 aliphatic carbocycles. The third kappa shape index (κ3) is 3.86. The number of nitrogens with zero attached hydrogens (tertiary/aromatic N) is 1. The van der Waals surface area contributed by atoms with Gasteiger partial charge in [-0.25, -0.2) is 0 Å². The molecule has 4 rings (SSSR count). The van der Waals surface area contributed by atoms with Gasteiger partial charge in [0.05, 0.1) is 0 Å². The summed E-state index contributed by atoms with van der Waals surface area (Å²) >= 11 is 1.93. The topological polar surface area (TPSA) is 87.6 Å². The summed E-state index contributed by atoms with van der Waals surface area (Å²) in [4.78, 5) is 12.5. The minimum absolute atomic E-state index is 0.0930. The molecule has 2 heterocycles. The molecule has 27 heavy (non-hydrogen) atoms. The summed E-state index contributed by atoms with van der Waals surface area (Å²) in [5.74, 6) is 3.03. The first-order valence-electron chi connectivity index (χ1n) is 8.70. The van der Waals surface area contributed by atoms with Gasteiger partial charge in [0.1, 0.15) is 4.90 Å². The molecular formula is C19H19N3O3S2. The smallest absolute Gasteiger partial charge is 0.285 e. The molecule has 6 nitrogen and oxygen atoms in total. The molecule has 0 radical (unpaired) electrons. The van der Waals surface area contributed by atoms with Crippen molar-refractivity contribution in [3.63, 3.8) is 0 Å². The Bertz CT molecular complexity index is 995. The Morgan fingerprint density at radius 1 is 1.15 bits per heavy atom. The fourth-order valence-electron chi connectivity index (χ4n) is 3.12. The Labute approximate surface area is 162 Å². The number of nitrogens with one attached hydrogen (secondary N) is 2. The van der Waals surface area contributed by atoms with Crippen molar-refractivity contribution in [2.45, 2.75) is 11.3 Å². The lowest BCUT2D eigenvalue weighted by molar-refractivity contribution is 0.0948. The van der Waals surface area contributed by atoms with Crippen molar-refractivity contribution in [3.05, 3.63) is 59.7 Å². The molecule has 2 aliphatic heterocycles. The van der Waals surface area contributed by atoms with Crippen molar-refractivity contribution < 1.29 is 13.2 Å². The predicted octanol–water partition coefficient (Wildman–Crippen LogP) is 2.73. The van der Waals surface area contributed by atoms with Gasteiger partial charge in [-0.2, -0.15) is 20.2 Å². The SMILES string of the molecule is O=C(NCC1CCSC1)c1ccc(NC2=NS(=O)(=O)c3ccccc32)cc1. The van der Waals surface area contributed by atoms with Crippen molar-refractivity contribution in [3.8, 4) is 0 Å². The maximum atomic E-state index is 12.3. The van der Waals surface area contributed by atoms with Gasteiger partial charge < -0.3 is 10.6 Å². The zero-order chi connectivity index (χ0) is 18.9. The number of thioether (sulfide) groups is 1. The van der Waals surface area contributed by atoms with Crippen LogP contribution in [0.5, 0.6) is 0 Å². The van der Waals surface area contributed by atoms with Crippen LogP contribution in [0.4, 0.5) is 5.69 Å². The molecule has 1 saturated heterocycles. The zero-order valence-corrected chi connectivity index (χ0v) is 16.1. The van der Waals surface area contributed by atoms with Gasteiger partial charge in [-0.05, 0) is 60.2 Å². The van der Waals surface area contributed by atoms with Crippen molar-refractivity contribution in [1.82, 2.24) is 5.32 Å². The van der Waals surface area contributed by atoms with Crippen molar-refractivity contribution in [1.29, 1.82) is 0 Å². The highest BCUT2D eigenvalue weighted by atomic mass is 32.2. The van der Waals surface area contributed by atoms with Crippen LogP contribution in [-0.4, -0.2) is 38.2 Å². The van der Waals surface area contributed by atoms with Crippen LogP contribution in [0.25, 0.3) is 0 Å². The summed E-state index contributed by atoms with van der Waals surface area (Å²) in [6.07, 6.45) is 1.15. The van der Waals surface area contributed by atoms with Gasteiger partial charge in [0, 0.05) is 23.4 Å². The van der Waals surface area contributed by atoms with E-state index >= 15 is 0 Å². The third-order valence-electron chi connectivity index (χ3n) is 4.62. The Balaban J connectivity index is 1.43. The molecule has 140 valence electrons. The average Bonchev–Trinajstić information content (AvgIpc) is 3.27. The minimum Gasteiger partial charge on any atom is -0.352 e. The number of carbonyl (C=O) groups is 1. The number of sulfonamides is 1. The molecule has 2 N–H and O–H groups in total. The molecule has 2 aromatic rings. The van der Waals surface area contributed by atoms with Gasteiger partial charge in [-0.3, -0.25) is 4.79 Å². The van der Waals surface area contributed by atoms with Gasteiger partial charge in [0.2, 0.25) is 0 Å². The fraction of sp³-hybridized carbons (Fsp3) is 0.263. The number of rotatable bonds is 4. The average molecular weight is 402 g/mol. The van der Waals surface area contributed by atoms with Crippen LogP contribution in [0, 0.1) is 5.92 Å². The van der Waals surface area contributed by atoms with E-state index in [2.05, 4.69) is 15.0 Å². The first-order chi connectivity index (χ1) is 13.0. The lowest BCUT2D eigenvalue weighted by Crippen LogP contribution is -2.29. The van der Waals surface area contributed by atoms with Crippen LogP contribution >= 0.6 is 11.8 Å². The van der Waals surface area contributed by atoms with Crippen LogP contribution in [0.2, 0.25) is 0 Å². The van der Waals surface area contributed by atoms with E-state index in [-0.39, 0.29) is 10.8 Å². The van der Waals surface area contributed by atoms with E-state index in [9.17, 15) is 13.2 Å². The number of hydrogen-bond donors (Lipinski definition) is 2. The third-order valence-corrected chi connectivity index (χ3v) is 7.18. The Kier molecular flexibility index (Phi) is 4.92. The standard InChI is InChI=1S/C19H19N3O3S2/c23-19(20-11-13-9-10-26-12-13)14-5-7-15(8-6-14)21-18-16-3-1-2-4-17(16)27(24,25)22-18/h1-8,13H,9-12H2,(H,20,23)(H,21,22). The monoisotopic (exact) mass is 401 g/mol. The highest BCUT2D eigenvalue weighted by molar-refractivity contribution is 7.99. The summed E-state index contributed by atoms with van der Waals surface area (Å²) in [6, 6.07) is 13.6. The van der Waals surface area contributed by atoms with E-state index in [1.165, 1.54) is 5.75 Å². The number of hydrogen-bond acceptors (Lipinski definition) is 5. The Morgan fingerprint density at radius 3 is 2.67 bits per heavy atom. The highest BCUT2D eigenvalue weighted by Crippen LogP contribution is 2.27. The molecule has 1 amide bonds. The molecular weight excluding hydrogens is 382 g/mol. The first kappa shape index (κ1) is 18.1. The molecule has 1 atom stereocenters. The predicted molar refractivity (Wildman–Crippen MR) is 108 cm³/mol. The first-order valence-corrected chi connectivity index (χ1v) is 11.3. The van der Waals surface area contributed by atoms with Gasteiger partial charge >= 0.3 is 0 Å². The number of carbonyl (C=O) groups excluding carboxylic acids is 1. The second-order valence-electron chi connectivity index (χ2n) is 6.55. The largest absolute Gasteiger partial charge is 0.352 e. The van der Waals surface area contributed by atoms with Gasteiger partial charge in [-0.15, -0.1) is 4.40 Å². The van der Waals surface area contributed by atoms with Crippen LogP contribution < -0.4 is 10.6 Å². The van der Waals surface area contributed by atoms with Crippen LogP contribution in [0.1, 0.15) is 22.3 Å². The summed E-state index contributed by atoms with van der Waals surface area (Å²) < 4.78 is 28.0. The maximum absolute atomic E-state index is 12.3. The summed E-state index contributed by atoms with van der Waals surface area (Å²) in [7, 11) is -3.65. The molecule has 1 fully saturated rings. The van der Waals surface area contributed by atoms with E-state index in [1.54, 1.807) is 48.5 Å². The van der Waals surface area contributed by atoms with Crippen molar-refractivity contribution >= 4 is 39.2 Å². The van der Waals surface area contributed by atoms with E-state index < -0.39 is 10.0 Å². The number of amides is 1.